The largest absolute Gasteiger partial charge is 0.493 e. The van der Waals surface area contributed by atoms with Gasteiger partial charge in [-0.25, -0.2) is 0 Å². The Kier molecular flexibility index (Phi) is 4.64. The van der Waals surface area contributed by atoms with Gasteiger partial charge in [-0.05, 0) is 31.0 Å². The summed E-state index contributed by atoms with van der Waals surface area (Å²) in [6, 6.07) is 4.00. The number of methoxy groups -OCH3 is 1. The Morgan fingerprint density at radius 3 is 3.00 bits per heavy atom. The van der Waals surface area contributed by atoms with E-state index in [0.29, 0.717) is 25.9 Å². The Hall–Kier alpha value is -2.05. The molecule has 0 bridgehead atoms. The highest BCUT2D eigenvalue weighted by Gasteiger charge is 2.52. The summed E-state index contributed by atoms with van der Waals surface area (Å²) in [6.07, 6.45) is 5.38. The van der Waals surface area contributed by atoms with Crippen LogP contribution in [0.5, 0.6) is 11.5 Å². The molecule has 0 aromatic heterocycles. The van der Waals surface area contributed by atoms with Crippen molar-refractivity contribution in [3.8, 4) is 11.5 Å². The van der Waals surface area contributed by atoms with E-state index in [0.717, 1.165) is 35.6 Å². The molecule has 4 atom stereocenters. The molecular formula is C21H27NO5. The number of carboxylic acids is 1. The predicted octanol–water partition coefficient (Wildman–Crippen LogP) is 2.33. The van der Waals surface area contributed by atoms with Crippen LogP contribution in [0.4, 0.5) is 0 Å². The zero-order valence-corrected chi connectivity index (χ0v) is 15.9. The monoisotopic (exact) mass is 373 g/mol. The number of carbonyl (C=O) groups is 1. The van der Waals surface area contributed by atoms with Gasteiger partial charge in [0.1, 0.15) is 6.10 Å². The van der Waals surface area contributed by atoms with Gasteiger partial charge in [0.15, 0.2) is 11.5 Å². The number of nitrogens with zero attached hydrogens (tertiary/aromatic N) is 1. The van der Waals surface area contributed by atoms with Crippen LogP contribution in [0.3, 0.4) is 0 Å². The number of carboxylic acid groups (broad SMARTS) is 1. The second-order valence-corrected chi connectivity index (χ2v) is 7.87. The lowest BCUT2D eigenvalue weighted by Gasteiger charge is -2.36. The molecule has 3 aliphatic rings. The predicted molar refractivity (Wildman–Crippen MR) is 100 cm³/mol. The third kappa shape index (κ3) is 2.91. The van der Waals surface area contributed by atoms with Crippen molar-refractivity contribution in [1.29, 1.82) is 0 Å². The van der Waals surface area contributed by atoms with Crippen LogP contribution in [0.25, 0.3) is 0 Å². The van der Waals surface area contributed by atoms with E-state index in [4.69, 9.17) is 9.47 Å². The van der Waals surface area contributed by atoms with Crippen LogP contribution < -0.4 is 9.47 Å². The fourth-order valence-electron chi connectivity index (χ4n) is 4.84. The molecule has 1 aromatic rings. The van der Waals surface area contributed by atoms with Crippen LogP contribution in [0.2, 0.25) is 0 Å². The number of aliphatic carboxylic acids is 1. The quantitative estimate of drug-likeness (QED) is 0.772. The number of rotatable bonds is 5. The third-order valence-electron chi connectivity index (χ3n) is 6.36. The van der Waals surface area contributed by atoms with Crippen molar-refractivity contribution in [3.63, 3.8) is 0 Å². The van der Waals surface area contributed by atoms with Crippen molar-refractivity contribution in [3.05, 3.63) is 35.4 Å². The molecule has 146 valence electrons. The molecule has 0 saturated carbocycles. The maximum absolute atomic E-state index is 11.5. The van der Waals surface area contributed by atoms with E-state index in [9.17, 15) is 15.0 Å². The summed E-state index contributed by atoms with van der Waals surface area (Å²) in [7, 11) is 1.64. The van der Waals surface area contributed by atoms with Crippen LogP contribution in [0.1, 0.15) is 37.3 Å². The number of hydrogen-bond acceptors (Lipinski definition) is 5. The van der Waals surface area contributed by atoms with Crippen LogP contribution in [0, 0.1) is 5.92 Å². The van der Waals surface area contributed by atoms with E-state index >= 15 is 0 Å². The second-order valence-electron chi connectivity index (χ2n) is 7.87. The van der Waals surface area contributed by atoms with Crippen molar-refractivity contribution in [1.82, 2.24) is 4.90 Å². The highest BCUT2D eigenvalue weighted by atomic mass is 16.5. The second kappa shape index (κ2) is 6.84. The Labute approximate surface area is 159 Å². The van der Waals surface area contributed by atoms with Crippen LogP contribution >= 0.6 is 0 Å². The summed E-state index contributed by atoms with van der Waals surface area (Å²) in [5, 5.41) is 19.6. The first kappa shape index (κ1) is 18.3. The molecule has 27 heavy (non-hydrogen) atoms. The number of hydrogen-bond donors (Lipinski definition) is 2. The lowest BCUT2D eigenvalue weighted by molar-refractivity contribution is -0.142. The van der Waals surface area contributed by atoms with Crippen LogP contribution in [-0.2, 0) is 16.8 Å². The molecule has 0 saturated heterocycles. The fourth-order valence-corrected chi connectivity index (χ4v) is 4.84. The van der Waals surface area contributed by atoms with Gasteiger partial charge in [0, 0.05) is 25.1 Å². The Morgan fingerprint density at radius 1 is 1.48 bits per heavy atom. The molecule has 0 radical (unpaired) electrons. The molecule has 0 fully saturated rings. The minimum atomic E-state index is -0.735. The summed E-state index contributed by atoms with van der Waals surface area (Å²) in [4.78, 5) is 13.8. The van der Waals surface area contributed by atoms with E-state index < -0.39 is 12.1 Å². The van der Waals surface area contributed by atoms with Gasteiger partial charge >= 0.3 is 5.97 Å². The average molecular weight is 373 g/mol. The highest BCUT2D eigenvalue weighted by molar-refractivity contribution is 5.70. The van der Waals surface area contributed by atoms with Crippen LogP contribution in [-0.4, -0.2) is 53.5 Å². The lowest BCUT2D eigenvalue weighted by Crippen LogP contribution is -2.43. The molecule has 2 heterocycles. The van der Waals surface area contributed by atoms with E-state index in [1.165, 1.54) is 0 Å². The Balaban J connectivity index is 1.75. The molecule has 1 aromatic carbocycles. The lowest BCUT2D eigenvalue weighted by atomic mass is 9.69. The normalized spacial score (nSPS) is 30.0. The average Bonchev–Trinajstić information content (AvgIpc) is 2.89. The smallest absolute Gasteiger partial charge is 0.307 e. The summed E-state index contributed by atoms with van der Waals surface area (Å²) < 4.78 is 11.8. The van der Waals surface area contributed by atoms with E-state index in [1.807, 2.05) is 19.1 Å². The van der Waals surface area contributed by atoms with Crippen molar-refractivity contribution in [2.45, 2.75) is 50.4 Å². The molecule has 1 aliphatic carbocycles. The molecule has 1 unspecified atom stereocenters. The first-order valence-electron chi connectivity index (χ1n) is 9.68. The number of benzene rings is 1. The minimum absolute atomic E-state index is 0.121. The van der Waals surface area contributed by atoms with Gasteiger partial charge in [0.25, 0.3) is 0 Å². The van der Waals surface area contributed by atoms with Crippen molar-refractivity contribution >= 4 is 5.97 Å². The van der Waals surface area contributed by atoms with Gasteiger partial charge in [0.2, 0.25) is 0 Å². The summed E-state index contributed by atoms with van der Waals surface area (Å²) in [6.45, 7) is 3.96. The van der Waals surface area contributed by atoms with E-state index in [2.05, 4.69) is 17.0 Å². The van der Waals surface area contributed by atoms with Gasteiger partial charge in [-0.1, -0.05) is 25.1 Å². The first-order chi connectivity index (χ1) is 13.0. The fraction of sp³-hybridized carbons (Fsp3) is 0.571. The van der Waals surface area contributed by atoms with Gasteiger partial charge in [-0.15, -0.1) is 0 Å². The van der Waals surface area contributed by atoms with Crippen molar-refractivity contribution in [2.24, 2.45) is 5.92 Å². The van der Waals surface area contributed by atoms with Gasteiger partial charge in [-0.3, -0.25) is 9.69 Å². The highest BCUT2D eigenvalue weighted by Crippen LogP contribution is 2.55. The molecule has 1 spiro atoms. The first-order valence-corrected chi connectivity index (χ1v) is 9.68. The minimum Gasteiger partial charge on any atom is -0.493 e. The molecule has 2 aliphatic heterocycles. The third-order valence-corrected chi connectivity index (χ3v) is 6.36. The Morgan fingerprint density at radius 2 is 2.30 bits per heavy atom. The summed E-state index contributed by atoms with van der Waals surface area (Å²) in [5.74, 6) is 0.404. The van der Waals surface area contributed by atoms with Crippen molar-refractivity contribution < 1.29 is 24.5 Å². The van der Waals surface area contributed by atoms with Crippen molar-refractivity contribution in [2.75, 3.05) is 20.2 Å². The molecule has 6 heteroatoms. The zero-order valence-electron chi connectivity index (χ0n) is 15.9. The summed E-state index contributed by atoms with van der Waals surface area (Å²) >= 11 is 0. The van der Waals surface area contributed by atoms with E-state index in [1.54, 1.807) is 7.11 Å². The molecule has 0 amide bonds. The number of ether oxygens (including phenoxy) is 2. The topological polar surface area (TPSA) is 79.2 Å². The van der Waals surface area contributed by atoms with Gasteiger partial charge in [0.05, 0.1) is 24.5 Å². The Bertz CT molecular complexity index is 776. The van der Waals surface area contributed by atoms with E-state index in [-0.39, 0.29) is 17.4 Å². The summed E-state index contributed by atoms with van der Waals surface area (Å²) in [5.41, 5.74) is 2.03. The SMILES string of the molecule is CCC(CN1CC[C@@]23C=C[C@H](O)C[C@@H]2Oc2c(OC)ccc(c23)C1)C(=O)O. The number of aliphatic hydroxyl groups is 1. The standard InChI is InChI=1S/C21H27NO5/c1-3-13(20(24)25)11-22-9-8-21-7-6-15(23)10-17(21)27-19-16(26-2)5-4-14(12-22)18(19)21/h4-7,13,15,17,23H,3,8-12H2,1-2H3,(H,24,25)/t13?,15-,17-,21-/m0/s1. The molecule has 4 rings (SSSR count). The molecule has 6 nitrogen and oxygen atoms in total. The maximum atomic E-state index is 11.5. The molecular weight excluding hydrogens is 346 g/mol. The zero-order chi connectivity index (χ0) is 19.2. The number of aliphatic hydroxyl groups excluding tert-OH is 1. The van der Waals surface area contributed by atoms with Crippen LogP contribution in [0.15, 0.2) is 24.3 Å². The van der Waals surface area contributed by atoms with Gasteiger partial charge in [-0.2, -0.15) is 0 Å². The maximum Gasteiger partial charge on any atom is 0.307 e. The molecule has 2 N–H and O–H groups in total. The van der Waals surface area contributed by atoms with Gasteiger partial charge < -0.3 is 19.7 Å².